The Morgan fingerprint density at radius 2 is 1.67 bits per heavy atom. The number of hydrogen-bond donors (Lipinski definition) is 0. The fraction of sp³-hybridized carbons (Fsp3) is 0.917. The van der Waals surface area contributed by atoms with E-state index in [1.807, 2.05) is 5.92 Å². The molecule has 4 aliphatic rings. The Balaban J connectivity index is 1.95. The Morgan fingerprint density at radius 1 is 1.08 bits per heavy atom. The van der Waals surface area contributed by atoms with Gasteiger partial charge in [-0.1, -0.05) is 6.92 Å². The summed E-state index contributed by atoms with van der Waals surface area (Å²) in [6.45, 7) is 4.96. The van der Waals surface area contributed by atoms with E-state index in [0.717, 1.165) is 23.2 Å². The van der Waals surface area contributed by atoms with Crippen molar-refractivity contribution in [3.05, 3.63) is 5.92 Å². The van der Waals surface area contributed by atoms with Crippen LogP contribution in [0.5, 0.6) is 0 Å². The summed E-state index contributed by atoms with van der Waals surface area (Å²) < 4.78 is 0. The van der Waals surface area contributed by atoms with Crippen LogP contribution in [0.2, 0.25) is 0 Å². The quantitative estimate of drug-likeness (QED) is 0.480. The molecule has 4 fully saturated rings. The van der Waals surface area contributed by atoms with Crippen LogP contribution < -0.4 is 0 Å². The van der Waals surface area contributed by atoms with E-state index in [-0.39, 0.29) is 0 Å². The van der Waals surface area contributed by atoms with Crippen LogP contribution in [0.3, 0.4) is 0 Å². The van der Waals surface area contributed by atoms with Crippen LogP contribution in [0.1, 0.15) is 46.0 Å². The second-order valence-corrected chi connectivity index (χ2v) is 5.90. The fourth-order valence-electron chi connectivity index (χ4n) is 4.40. The van der Waals surface area contributed by atoms with Crippen molar-refractivity contribution in [3.8, 4) is 0 Å². The van der Waals surface area contributed by atoms with Gasteiger partial charge < -0.3 is 0 Å². The van der Waals surface area contributed by atoms with Gasteiger partial charge in [0.1, 0.15) is 11.8 Å². The van der Waals surface area contributed by atoms with E-state index in [1.54, 1.807) is 6.42 Å². The largest absolute Gasteiger partial charge is 0.101 e. The predicted octanol–water partition coefficient (Wildman–Crippen LogP) is 3.43. The first-order chi connectivity index (χ1) is 5.66. The summed E-state index contributed by atoms with van der Waals surface area (Å²) in [5, 5.41) is 0. The summed E-state index contributed by atoms with van der Waals surface area (Å²) in [5.41, 5.74) is 0.760. The Labute approximate surface area is 75.7 Å². The summed E-state index contributed by atoms with van der Waals surface area (Å²) in [6, 6.07) is 0. The van der Waals surface area contributed by atoms with E-state index >= 15 is 0 Å². The van der Waals surface area contributed by atoms with E-state index in [0.29, 0.717) is 0 Å². The topological polar surface area (TPSA) is 0 Å². The van der Waals surface area contributed by atoms with E-state index in [2.05, 4.69) is 13.8 Å². The molecule has 4 aliphatic carbocycles. The molecular formula is C12H19+. The van der Waals surface area contributed by atoms with Crippen LogP contribution in [0.25, 0.3) is 0 Å². The minimum absolute atomic E-state index is 0.760. The van der Waals surface area contributed by atoms with Gasteiger partial charge in [0.05, 0.1) is 12.8 Å². The number of hydrogen-bond acceptors (Lipinski definition) is 0. The van der Waals surface area contributed by atoms with Gasteiger partial charge in [-0.05, 0) is 43.4 Å². The molecule has 66 valence electrons. The lowest BCUT2D eigenvalue weighted by atomic mass is 9.47. The van der Waals surface area contributed by atoms with Crippen molar-refractivity contribution < 1.29 is 0 Å². The molecule has 0 N–H and O–H groups in total. The molecule has 0 aromatic carbocycles. The molecule has 2 atom stereocenters. The zero-order valence-electron chi connectivity index (χ0n) is 8.27. The third kappa shape index (κ3) is 0.815. The van der Waals surface area contributed by atoms with E-state index in [1.165, 1.54) is 25.7 Å². The van der Waals surface area contributed by atoms with E-state index in [9.17, 15) is 0 Å². The summed E-state index contributed by atoms with van der Waals surface area (Å²) >= 11 is 0. The van der Waals surface area contributed by atoms with Crippen molar-refractivity contribution in [1.82, 2.24) is 0 Å². The molecule has 4 saturated carbocycles. The molecule has 0 heterocycles. The van der Waals surface area contributed by atoms with Crippen LogP contribution in [-0.2, 0) is 0 Å². The lowest BCUT2D eigenvalue weighted by Crippen LogP contribution is -2.47. The predicted molar refractivity (Wildman–Crippen MR) is 50.6 cm³/mol. The molecule has 0 aromatic rings. The van der Waals surface area contributed by atoms with Crippen molar-refractivity contribution in [3.63, 3.8) is 0 Å². The van der Waals surface area contributed by atoms with Crippen LogP contribution in [0.4, 0.5) is 0 Å². The molecular weight excluding hydrogens is 144 g/mol. The fourth-order valence-corrected chi connectivity index (χ4v) is 4.40. The highest BCUT2D eigenvalue weighted by atomic mass is 14.6. The van der Waals surface area contributed by atoms with Crippen molar-refractivity contribution in [2.45, 2.75) is 46.0 Å². The van der Waals surface area contributed by atoms with Gasteiger partial charge in [0.25, 0.3) is 0 Å². The molecule has 0 aliphatic heterocycles. The molecule has 0 amide bonds. The monoisotopic (exact) mass is 163 g/mol. The van der Waals surface area contributed by atoms with Gasteiger partial charge in [-0.15, -0.1) is 0 Å². The van der Waals surface area contributed by atoms with Crippen molar-refractivity contribution in [1.29, 1.82) is 0 Å². The maximum atomic E-state index is 2.53. The number of rotatable bonds is 0. The molecule has 0 aromatic heterocycles. The molecule has 2 unspecified atom stereocenters. The first kappa shape index (κ1) is 7.29. The summed E-state index contributed by atoms with van der Waals surface area (Å²) in [6.07, 6.45) is 7.67. The first-order valence-electron chi connectivity index (χ1n) is 5.50. The normalized spacial score (nSPS) is 56.5. The van der Waals surface area contributed by atoms with Crippen LogP contribution in [0, 0.1) is 29.1 Å². The third-order valence-electron chi connectivity index (χ3n) is 4.78. The lowest BCUT2D eigenvalue weighted by molar-refractivity contribution is -0.0214. The lowest BCUT2D eigenvalue weighted by Gasteiger charge is -2.52. The van der Waals surface area contributed by atoms with Crippen LogP contribution in [0.15, 0.2) is 0 Å². The van der Waals surface area contributed by atoms with Crippen LogP contribution >= 0.6 is 0 Å². The summed E-state index contributed by atoms with van der Waals surface area (Å²) in [7, 11) is 0. The summed E-state index contributed by atoms with van der Waals surface area (Å²) in [4.78, 5) is 0. The van der Waals surface area contributed by atoms with Gasteiger partial charge in [-0.3, -0.25) is 0 Å². The zero-order valence-corrected chi connectivity index (χ0v) is 8.27. The maximum absolute atomic E-state index is 2.53. The Bertz CT molecular complexity index is 190. The molecule has 0 radical (unpaired) electrons. The van der Waals surface area contributed by atoms with E-state index in [4.69, 9.17) is 0 Å². The van der Waals surface area contributed by atoms with Gasteiger partial charge in [0, 0.05) is 0 Å². The minimum Gasteiger partial charge on any atom is -0.0593 e. The smallest absolute Gasteiger partial charge is 0.0593 e. The molecule has 12 heavy (non-hydrogen) atoms. The summed E-state index contributed by atoms with van der Waals surface area (Å²) in [5.74, 6) is 5.03. The molecule has 4 bridgehead atoms. The Hall–Kier alpha value is -0.130. The average molecular weight is 163 g/mol. The van der Waals surface area contributed by atoms with Crippen molar-refractivity contribution in [2.24, 2.45) is 23.2 Å². The van der Waals surface area contributed by atoms with Gasteiger partial charge in [0.15, 0.2) is 0 Å². The molecule has 0 spiro atoms. The third-order valence-corrected chi connectivity index (χ3v) is 4.78. The van der Waals surface area contributed by atoms with Crippen molar-refractivity contribution >= 4 is 0 Å². The van der Waals surface area contributed by atoms with E-state index < -0.39 is 0 Å². The molecule has 0 nitrogen and oxygen atoms in total. The highest BCUT2D eigenvalue weighted by Gasteiger charge is 2.57. The second kappa shape index (κ2) is 2.02. The van der Waals surface area contributed by atoms with Gasteiger partial charge in [-0.25, -0.2) is 0 Å². The first-order valence-corrected chi connectivity index (χ1v) is 5.50. The Kier molecular flexibility index (Phi) is 1.23. The zero-order chi connectivity index (χ0) is 8.34. The molecule has 0 heteroatoms. The average Bonchev–Trinajstić information content (AvgIpc) is 1.96. The van der Waals surface area contributed by atoms with Gasteiger partial charge in [0.2, 0.25) is 0 Å². The van der Waals surface area contributed by atoms with Gasteiger partial charge >= 0.3 is 0 Å². The standard InChI is InChI=1S/C12H19/c1-8-10-3-9-4-11(8)7-12(2,5-9)6-10/h9-11H,3-7H2,1-2H3/q+1. The maximum Gasteiger partial charge on any atom is 0.101 e. The Morgan fingerprint density at radius 3 is 2.17 bits per heavy atom. The van der Waals surface area contributed by atoms with Crippen molar-refractivity contribution in [2.75, 3.05) is 0 Å². The second-order valence-electron chi connectivity index (χ2n) is 5.90. The highest BCUT2D eigenvalue weighted by molar-refractivity contribution is 5.14. The van der Waals surface area contributed by atoms with Crippen LogP contribution in [-0.4, -0.2) is 0 Å². The minimum atomic E-state index is 0.760. The molecule has 4 rings (SSSR count). The SMILES string of the molecule is C[C+]1C2CC3CC1CC(C)(C3)C2. The van der Waals surface area contributed by atoms with Gasteiger partial charge in [-0.2, -0.15) is 0 Å². The highest BCUT2D eigenvalue weighted by Crippen LogP contribution is 2.62. The molecule has 0 saturated heterocycles.